The van der Waals surface area contributed by atoms with E-state index in [0.29, 0.717) is 71.6 Å². The summed E-state index contributed by atoms with van der Waals surface area (Å²) in [5.74, 6) is 10.8. The van der Waals surface area contributed by atoms with Crippen molar-refractivity contribution in [2.24, 2.45) is 41.4 Å². The van der Waals surface area contributed by atoms with Crippen LogP contribution in [0.3, 0.4) is 0 Å². The predicted molar refractivity (Wildman–Crippen MR) is 373 cm³/mol. The van der Waals surface area contributed by atoms with Crippen LogP contribution in [-0.2, 0) is 68.1 Å². The number of rotatable bonds is 8. The van der Waals surface area contributed by atoms with Gasteiger partial charge in [-0.05, 0) is 139 Å². The lowest BCUT2D eigenvalue weighted by Gasteiger charge is -2.48. The summed E-state index contributed by atoms with van der Waals surface area (Å²) < 4.78 is 33.7. The second-order valence-corrected chi connectivity index (χ2v) is 31.1. The fourth-order valence-electron chi connectivity index (χ4n) is 19.0. The Balaban J connectivity index is 0.000000125. The number of aromatic nitrogens is 9. The van der Waals surface area contributed by atoms with Crippen LogP contribution >= 0.6 is 0 Å². The number of Topliss-reactive ketones (excluding diaryl/α,β-unsaturated/α-hetero) is 3. The molecule has 0 spiro atoms. The second kappa shape index (κ2) is 27.7. The summed E-state index contributed by atoms with van der Waals surface area (Å²) in [6.45, 7) is 31.9. The zero-order chi connectivity index (χ0) is 72.4. The Morgan fingerprint density at radius 1 is 0.560 bits per heavy atom. The smallest absolute Gasteiger partial charge is 0.282 e. The van der Waals surface area contributed by atoms with Crippen molar-refractivity contribution in [3.8, 4) is 23.5 Å². The molecule has 13 atom stereocenters. The van der Waals surface area contributed by atoms with Crippen molar-refractivity contribution in [3.05, 3.63) is 132 Å². The van der Waals surface area contributed by atoms with Crippen molar-refractivity contribution >= 4 is 17.3 Å². The molecule has 22 heteroatoms. The molecule has 5 aromatic heterocycles. The first-order chi connectivity index (χ1) is 48.5. The molecular weight excluding hydrogens is 1260 g/mol. The van der Waals surface area contributed by atoms with Crippen LogP contribution in [0, 0.1) is 54.6 Å². The highest BCUT2D eigenvalue weighted by molar-refractivity contribution is 6.00. The number of nitrogens with one attached hydrogen (secondary N) is 1. The Morgan fingerprint density at radius 3 is 1.35 bits per heavy atom. The quantitative estimate of drug-likeness (QED) is 0.0563. The van der Waals surface area contributed by atoms with Gasteiger partial charge in [0.2, 0.25) is 35.0 Å². The summed E-state index contributed by atoms with van der Waals surface area (Å²) in [5, 5.41) is 20.9. The van der Waals surface area contributed by atoms with E-state index in [-0.39, 0.29) is 74.8 Å². The Morgan fingerprint density at radius 2 is 0.940 bits per heavy atom. The number of aliphatic hydroxyl groups excluding tert-OH is 1. The molecular formula is C78H100N12O10. The van der Waals surface area contributed by atoms with Gasteiger partial charge in [-0.2, -0.15) is 19.9 Å². The van der Waals surface area contributed by atoms with Gasteiger partial charge in [0.1, 0.15) is 29.1 Å². The molecule has 0 bridgehead atoms. The number of carbonyl (C=O) groups excluding carboxylic acids is 3. The number of aliphatic hydroxyl groups is 1. The third-order valence-electron chi connectivity index (χ3n) is 24.9. The van der Waals surface area contributed by atoms with Gasteiger partial charge in [0.05, 0.1) is 70.2 Å². The highest BCUT2D eigenvalue weighted by atomic mass is 16.5. The predicted octanol–water partition coefficient (Wildman–Crippen LogP) is 13.3. The minimum Gasteiger partial charge on any atom is -0.515 e. The fraction of sp³-hybridized carbons (Fsp3) is 0.641. The number of carbonyl (C=O) groups is 3. The van der Waals surface area contributed by atoms with Crippen molar-refractivity contribution in [1.29, 1.82) is 0 Å². The van der Waals surface area contributed by atoms with Gasteiger partial charge in [-0.15, -0.1) is 0 Å². The van der Waals surface area contributed by atoms with Crippen molar-refractivity contribution in [2.75, 3.05) is 35.5 Å². The minimum absolute atomic E-state index is 0.00537. The van der Waals surface area contributed by atoms with Crippen LogP contribution in [0.25, 0.3) is 9.69 Å². The van der Waals surface area contributed by atoms with Gasteiger partial charge in [0, 0.05) is 117 Å². The fourth-order valence-corrected chi connectivity index (χ4v) is 19.0. The molecule has 0 aliphatic heterocycles. The SMILES string of the molecule is CNO.COc1nc(C2CC2)nc2c1CC[C@H]1[C@H](C)C(=O)/C(=C\O)C[C@]21C.COc1nc(C2CC2)nc2c1CC[C@H]1[C@H](C)c3oncc3C[C@]21C.[3H]C.[C-]#[N+]C1=C[C@]2(C)c3nc(C4CC4)nc(OC)c3CC[C@H]2[C@H](C)C1=O.[C-]#[N+]C1C[C@]2(C)c3nc(C4CC4)nc(OC)c3CC[C@H]2[C@H](C)C1=O. The van der Waals surface area contributed by atoms with E-state index < -0.39 is 11.5 Å². The lowest BCUT2D eigenvalue weighted by Crippen LogP contribution is -2.52. The molecule has 3 N–H and O–H groups in total. The van der Waals surface area contributed by atoms with Crippen molar-refractivity contribution in [3.63, 3.8) is 0 Å². The number of fused-ring (bicyclic) bond motifs is 13. The first-order valence-corrected chi connectivity index (χ1v) is 36.0. The number of ketones is 3. The molecule has 12 aliphatic rings. The maximum Gasteiger partial charge on any atom is 0.282 e. The van der Waals surface area contributed by atoms with E-state index in [1.807, 2.05) is 33.0 Å². The maximum absolute atomic E-state index is 12.5. The van der Waals surface area contributed by atoms with Gasteiger partial charge >= 0.3 is 0 Å². The van der Waals surface area contributed by atoms with Gasteiger partial charge in [0.15, 0.2) is 11.6 Å². The van der Waals surface area contributed by atoms with Crippen molar-refractivity contribution in [1.82, 2.24) is 50.5 Å². The average Bonchev–Trinajstić information content (AvgIpc) is 1.64. The van der Waals surface area contributed by atoms with Crippen LogP contribution < -0.4 is 24.4 Å². The van der Waals surface area contributed by atoms with Crippen LogP contribution in [-0.4, -0.2) is 114 Å². The number of hydrogen-bond acceptors (Lipinski definition) is 20. The van der Waals surface area contributed by atoms with Gasteiger partial charge in [-0.25, -0.2) is 36.8 Å². The molecule has 0 radical (unpaired) electrons. The standard InChI is InChI=1S/2C19H23N3O2.C19H21N3O2.C19H24N2O3.CH5NO.CH4/c1-10-14-7-6-13-16(19(14,2)8-12-9-20-24-15(10)12)21-17(11-4-5-11)22-18(13)23-3;2*1-10-13-8-7-12-16(19(13,2)9-14(20-3)15(10)23)21-17(11-5-6-11)22-18(12)24-4;1-10-14-7-6-13-16(19(14,2)8-12(9-22)15(10)23)20-17(11-4-5-11)21-18(13)24-3;1-2-3;/h9-11,14H,4-8H2,1-3H3;10-11,13-14H,5-9H2,1-2,4H3;9-11,13H,5-8H2,1-2,4H3;9-11,14,22H,4-8H2,1-3H3;2-3H,1H3;1H4/b;;;12-9-;;/t10-,14-,19-;10-,13-,14?,19-;10-,13-,19-;10-,14-,19-;;/m0000../s1/i;;;;;1T. The molecule has 17 rings (SSSR count). The molecule has 532 valence electrons. The summed E-state index contributed by atoms with van der Waals surface area (Å²) in [4.78, 5) is 83.1. The van der Waals surface area contributed by atoms with Gasteiger partial charge < -0.3 is 43.4 Å². The normalized spacial score (nSPS) is 31.8. The van der Waals surface area contributed by atoms with E-state index >= 15 is 0 Å². The summed E-state index contributed by atoms with van der Waals surface area (Å²) in [5.41, 5.74) is 11.5. The molecule has 6 fully saturated rings. The van der Waals surface area contributed by atoms with Gasteiger partial charge in [0.25, 0.3) is 6.04 Å². The molecule has 100 heavy (non-hydrogen) atoms. The van der Waals surface area contributed by atoms with Gasteiger partial charge in [-0.1, -0.05) is 74.0 Å². The number of ether oxygens (including phenoxy) is 4. The molecule has 0 saturated heterocycles. The van der Waals surface area contributed by atoms with E-state index in [1.165, 1.54) is 44.1 Å². The van der Waals surface area contributed by atoms with Gasteiger partial charge in [-0.3, -0.25) is 9.59 Å². The third-order valence-corrected chi connectivity index (χ3v) is 24.9. The minimum atomic E-state index is -0.544. The molecule has 0 aromatic carbocycles. The molecule has 6 saturated carbocycles. The summed E-state index contributed by atoms with van der Waals surface area (Å²) in [7, 11) is 9.40. The highest BCUT2D eigenvalue weighted by Crippen LogP contribution is 2.59. The first kappa shape index (κ1) is 70.4. The average molecular weight is 1370 g/mol. The van der Waals surface area contributed by atoms with Crippen LogP contribution in [0.1, 0.15) is 263 Å². The Kier molecular flexibility index (Phi) is 19.5. The molecule has 12 aliphatic carbocycles. The van der Waals surface area contributed by atoms with E-state index in [1.54, 1.807) is 33.9 Å². The van der Waals surface area contributed by atoms with Crippen LogP contribution in [0.2, 0.25) is 0 Å². The Hall–Kier alpha value is -8.08. The number of nitrogens with zero attached hydrogens (tertiary/aromatic N) is 11. The van der Waals surface area contributed by atoms with E-state index in [9.17, 15) is 19.5 Å². The number of allylic oxidation sites excluding steroid dienone is 3. The zero-order valence-corrected chi connectivity index (χ0v) is 60.8. The van der Waals surface area contributed by atoms with Crippen LogP contribution in [0.4, 0.5) is 0 Å². The largest absolute Gasteiger partial charge is 0.515 e. The molecule has 0 amide bonds. The highest BCUT2D eigenvalue weighted by Gasteiger charge is 2.58. The number of hydroxylamine groups is 1. The Labute approximate surface area is 589 Å². The van der Waals surface area contributed by atoms with Crippen molar-refractivity contribution in [2.45, 2.75) is 242 Å². The molecule has 5 aromatic rings. The maximum atomic E-state index is 12.5. The zero-order valence-electron chi connectivity index (χ0n) is 61.8. The lowest BCUT2D eigenvalue weighted by molar-refractivity contribution is -0.129. The molecule has 22 nitrogen and oxygen atoms in total. The Bertz CT molecular complexity index is 4190. The summed E-state index contributed by atoms with van der Waals surface area (Å²) in [6.07, 6.45) is 23.4. The monoisotopic (exact) mass is 1370 g/mol. The number of methoxy groups -OCH3 is 4. The van der Waals surface area contributed by atoms with E-state index in [4.69, 9.17) is 68.1 Å². The van der Waals surface area contributed by atoms with E-state index in [2.05, 4.69) is 64.4 Å². The lowest BCUT2D eigenvalue weighted by atomic mass is 9.55. The summed E-state index contributed by atoms with van der Waals surface area (Å²) in [6, 6.07) is -0.544. The van der Waals surface area contributed by atoms with E-state index in [0.717, 1.165) is 171 Å². The number of hydrogen-bond donors (Lipinski definition) is 3. The molecule has 5 heterocycles. The van der Waals surface area contributed by atoms with Crippen LogP contribution in [0.15, 0.2) is 34.3 Å². The third kappa shape index (κ3) is 12.4. The van der Waals surface area contributed by atoms with Crippen molar-refractivity contribution < 1.29 is 49.5 Å². The van der Waals surface area contributed by atoms with Crippen LogP contribution in [0.5, 0.6) is 23.5 Å². The molecule has 1 unspecified atom stereocenters. The first-order valence-electron chi connectivity index (χ1n) is 37.0. The topological polar surface area (TPSA) is 278 Å². The summed E-state index contributed by atoms with van der Waals surface area (Å²) >= 11 is 0. The second-order valence-electron chi connectivity index (χ2n) is 31.1.